The number of rotatable bonds is 1. The van der Waals surface area contributed by atoms with Crippen LogP contribution in [-0.2, 0) is 0 Å². The van der Waals surface area contributed by atoms with Gasteiger partial charge >= 0.3 is 0 Å². The van der Waals surface area contributed by atoms with Crippen molar-refractivity contribution in [3.8, 4) is 23.1 Å². The van der Waals surface area contributed by atoms with Gasteiger partial charge in [-0.1, -0.05) is 17.6 Å². The van der Waals surface area contributed by atoms with E-state index in [1.165, 1.54) is 6.07 Å². The third-order valence-electron chi connectivity index (χ3n) is 3.12. The summed E-state index contributed by atoms with van der Waals surface area (Å²) in [5.41, 5.74) is 3.66. The molecule has 0 aliphatic rings. The lowest BCUT2D eigenvalue weighted by atomic mass is 10.1. The Balaban J connectivity index is 1.87. The van der Waals surface area contributed by atoms with Gasteiger partial charge in [-0.15, -0.1) is 11.3 Å². The summed E-state index contributed by atoms with van der Waals surface area (Å²) in [6, 6.07) is 8.63. The summed E-state index contributed by atoms with van der Waals surface area (Å²) in [6.07, 6.45) is 1.66. The van der Waals surface area contributed by atoms with E-state index in [1.807, 2.05) is 25.3 Å². The highest BCUT2D eigenvalue weighted by Crippen LogP contribution is 2.22. The van der Waals surface area contributed by atoms with Gasteiger partial charge in [0.25, 0.3) is 0 Å². The molecule has 1 aromatic carbocycles. The second kappa shape index (κ2) is 6.08. The topological polar surface area (TPSA) is 25.8 Å². The highest BCUT2D eigenvalue weighted by atomic mass is 32.1. The van der Waals surface area contributed by atoms with Crippen LogP contribution in [0.4, 0.5) is 4.39 Å². The van der Waals surface area contributed by atoms with E-state index in [1.54, 1.807) is 35.7 Å². The van der Waals surface area contributed by atoms with Crippen molar-refractivity contribution < 1.29 is 4.39 Å². The van der Waals surface area contributed by atoms with E-state index in [-0.39, 0.29) is 5.82 Å². The minimum atomic E-state index is -0.269. The maximum absolute atomic E-state index is 13.9. The Morgan fingerprint density at radius 2 is 1.95 bits per heavy atom. The predicted molar refractivity (Wildman–Crippen MR) is 87.2 cm³/mol. The van der Waals surface area contributed by atoms with Gasteiger partial charge in [0.1, 0.15) is 11.5 Å². The van der Waals surface area contributed by atoms with Crippen molar-refractivity contribution in [3.05, 3.63) is 69.6 Å². The van der Waals surface area contributed by atoms with Gasteiger partial charge in [0, 0.05) is 22.7 Å². The fraction of sp³-hybridized carbons (Fsp3) is 0.111. The number of hydrogen-bond donors (Lipinski definition) is 0. The Bertz CT molecular complexity index is 870. The number of pyridine rings is 1. The fourth-order valence-corrected chi connectivity index (χ4v) is 2.56. The zero-order valence-corrected chi connectivity index (χ0v) is 13.0. The van der Waals surface area contributed by atoms with Crippen molar-refractivity contribution in [2.24, 2.45) is 0 Å². The molecule has 22 heavy (non-hydrogen) atoms. The van der Waals surface area contributed by atoms with Gasteiger partial charge < -0.3 is 0 Å². The first-order chi connectivity index (χ1) is 10.6. The molecule has 2 nitrogen and oxygen atoms in total. The molecule has 0 unspecified atom stereocenters. The molecule has 0 spiro atoms. The number of benzene rings is 1. The van der Waals surface area contributed by atoms with E-state index < -0.39 is 0 Å². The van der Waals surface area contributed by atoms with E-state index in [0.717, 1.165) is 21.8 Å². The molecule has 2 heterocycles. The van der Waals surface area contributed by atoms with Gasteiger partial charge in [-0.05, 0) is 44.0 Å². The molecule has 0 atom stereocenters. The summed E-state index contributed by atoms with van der Waals surface area (Å²) in [5, 5.41) is 2.92. The SMILES string of the molecule is Cc1ccc(F)c(-c2ccc(C#Cc3csc(C)n3)cn2)c1. The van der Waals surface area contributed by atoms with Gasteiger partial charge in [0.05, 0.1) is 10.7 Å². The Morgan fingerprint density at radius 1 is 1.09 bits per heavy atom. The minimum absolute atomic E-state index is 0.269. The number of thiazole rings is 1. The first-order valence-electron chi connectivity index (χ1n) is 6.78. The van der Waals surface area contributed by atoms with Crippen LogP contribution < -0.4 is 0 Å². The lowest BCUT2D eigenvalue weighted by molar-refractivity contribution is 0.630. The maximum Gasteiger partial charge on any atom is 0.132 e. The normalized spacial score (nSPS) is 10.1. The van der Waals surface area contributed by atoms with Crippen LogP contribution in [0.25, 0.3) is 11.3 Å². The van der Waals surface area contributed by atoms with E-state index >= 15 is 0 Å². The molecule has 0 N–H and O–H groups in total. The Labute approximate surface area is 132 Å². The molecule has 0 saturated heterocycles. The third kappa shape index (κ3) is 3.21. The number of hydrogen-bond acceptors (Lipinski definition) is 3. The second-order valence-corrected chi connectivity index (χ2v) is 5.98. The van der Waals surface area contributed by atoms with E-state index in [9.17, 15) is 4.39 Å². The molecule has 2 aromatic heterocycles. The molecule has 0 radical (unpaired) electrons. The molecule has 0 bridgehead atoms. The zero-order chi connectivity index (χ0) is 15.5. The van der Waals surface area contributed by atoms with Crippen LogP contribution >= 0.6 is 11.3 Å². The van der Waals surface area contributed by atoms with Gasteiger partial charge in [0.15, 0.2) is 0 Å². The molecule has 3 rings (SSSR count). The van der Waals surface area contributed by atoms with Crippen molar-refractivity contribution in [2.45, 2.75) is 13.8 Å². The number of aryl methyl sites for hydroxylation is 2. The quantitative estimate of drug-likeness (QED) is 0.624. The molecule has 0 saturated carbocycles. The highest BCUT2D eigenvalue weighted by molar-refractivity contribution is 7.09. The van der Waals surface area contributed by atoms with Crippen LogP contribution in [0.15, 0.2) is 41.9 Å². The molecular formula is C18H13FN2S. The summed E-state index contributed by atoms with van der Waals surface area (Å²) >= 11 is 1.57. The smallest absolute Gasteiger partial charge is 0.132 e. The van der Waals surface area contributed by atoms with Crippen LogP contribution in [0.1, 0.15) is 21.8 Å². The van der Waals surface area contributed by atoms with Crippen molar-refractivity contribution >= 4 is 11.3 Å². The summed E-state index contributed by atoms with van der Waals surface area (Å²) in [5.74, 6) is 5.74. The van der Waals surface area contributed by atoms with Crippen LogP contribution in [0.3, 0.4) is 0 Å². The number of halogens is 1. The van der Waals surface area contributed by atoms with E-state index in [0.29, 0.717) is 11.3 Å². The van der Waals surface area contributed by atoms with E-state index in [4.69, 9.17) is 0 Å². The fourth-order valence-electron chi connectivity index (χ4n) is 2.02. The van der Waals surface area contributed by atoms with Gasteiger partial charge in [-0.25, -0.2) is 9.37 Å². The largest absolute Gasteiger partial charge is 0.255 e. The molecule has 3 aromatic rings. The first-order valence-corrected chi connectivity index (χ1v) is 7.66. The Morgan fingerprint density at radius 3 is 2.64 bits per heavy atom. The monoisotopic (exact) mass is 308 g/mol. The second-order valence-electron chi connectivity index (χ2n) is 4.92. The van der Waals surface area contributed by atoms with Crippen molar-refractivity contribution in [3.63, 3.8) is 0 Å². The van der Waals surface area contributed by atoms with Crippen LogP contribution in [-0.4, -0.2) is 9.97 Å². The van der Waals surface area contributed by atoms with Gasteiger partial charge in [-0.2, -0.15) is 0 Å². The molecule has 108 valence electrons. The lowest BCUT2D eigenvalue weighted by Gasteiger charge is -2.04. The van der Waals surface area contributed by atoms with Crippen LogP contribution in [0, 0.1) is 31.5 Å². The predicted octanol–water partition coefficient (Wildman–Crippen LogP) is 4.36. The van der Waals surface area contributed by atoms with Crippen LogP contribution in [0.5, 0.6) is 0 Å². The van der Waals surface area contributed by atoms with Gasteiger partial charge in [-0.3, -0.25) is 4.98 Å². The molecule has 0 amide bonds. The summed E-state index contributed by atoms with van der Waals surface area (Å²) in [6.45, 7) is 3.88. The summed E-state index contributed by atoms with van der Waals surface area (Å²) in [7, 11) is 0. The standard InChI is InChI=1S/C18H13FN2S/c1-12-3-7-17(19)16(9-12)18-8-5-14(10-20-18)4-6-15-11-22-13(2)21-15/h3,5,7-11H,1-2H3. The third-order valence-corrected chi connectivity index (χ3v) is 3.89. The molecule has 0 aliphatic heterocycles. The van der Waals surface area contributed by atoms with Crippen molar-refractivity contribution in [1.82, 2.24) is 9.97 Å². The summed E-state index contributed by atoms with van der Waals surface area (Å²) < 4.78 is 13.9. The molecule has 0 aliphatic carbocycles. The minimum Gasteiger partial charge on any atom is -0.255 e. The van der Waals surface area contributed by atoms with Crippen molar-refractivity contribution in [1.29, 1.82) is 0 Å². The first kappa shape index (κ1) is 14.4. The van der Waals surface area contributed by atoms with Crippen molar-refractivity contribution in [2.75, 3.05) is 0 Å². The Kier molecular flexibility index (Phi) is 3.99. The number of aromatic nitrogens is 2. The number of nitrogens with zero attached hydrogens (tertiary/aromatic N) is 2. The molecular weight excluding hydrogens is 295 g/mol. The van der Waals surface area contributed by atoms with Gasteiger partial charge in [0.2, 0.25) is 0 Å². The Hall–Kier alpha value is -2.51. The molecule has 0 fully saturated rings. The average molecular weight is 308 g/mol. The van der Waals surface area contributed by atoms with E-state index in [2.05, 4.69) is 21.8 Å². The summed E-state index contributed by atoms with van der Waals surface area (Å²) in [4.78, 5) is 8.60. The maximum atomic E-state index is 13.9. The highest BCUT2D eigenvalue weighted by Gasteiger charge is 2.06. The van der Waals surface area contributed by atoms with Crippen LogP contribution in [0.2, 0.25) is 0 Å². The lowest BCUT2D eigenvalue weighted by Crippen LogP contribution is -1.89. The molecule has 4 heteroatoms. The zero-order valence-electron chi connectivity index (χ0n) is 12.2. The average Bonchev–Trinajstić information content (AvgIpc) is 2.94.